The van der Waals surface area contributed by atoms with Crippen LogP contribution in [0.2, 0.25) is 0 Å². The molecule has 1 heterocycles. The van der Waals surface area contributed by atoms with E-state index in [1.807, 2.05) is 20.8 Å². The predicted molar refractivity (Wildman–Crippen MR) is 72.0 cm³/mol. The summed E-state index contributed by atoms with van der Waals surface area (Å²) in [6, 6.07) is 1.36. The number of nitrogens with one attached hydrogen (secondary N) is 1. The topological polar surface area (TPSA) is 79.3 Å². The third-order valence-electron chi connectivity index (χ3n) is 1.96. The summed E-state index contributed by atoms with van der Waals surface area (Å²) < 4.78 is -0.0120. The SMILES string of the molecule is CC(C)(C)SCC(=O)Nc1cnccc1C(=O)O. The highest BCUT2D eigenvalue weighted by molar-refractivity contribution is 8.01. The standard InChI is InChI=1S/C12H16N2O3S/c1-12(2,3)18-7-10(15)14-9-6-13-5-4-8(9)11(16)17/h4-6H,7H2,1-3H3,(H,14,15)(H,16,17). The minimum atomic E-state index is -1.09. The van der Waals surface area contributed by atoms with E-state index in [4.69, 9.17) is 5.11 Å². The lowest BCUT2D eigenvalue weighted by Crippen LogP contribution is -2.20. The summed E-state index contributed by atoms with van der Waals surface area (Å²) in [7, 11) is 0. The molecule has 0 aromatic carbocycles. The molecule has 0 aliphatic rings. The Bertz CT molecular complexity index is 455. The van der Waals surface area contributed by atoms with E-state index in [0.29, 0.717) is 0 Å². The van der Waals surface area contributed by atoms with E-state index < -0.39 is 5.97 Å². The number of carboxylic acids is 1. The van der Waals surface area contributed by atoms with Crippen molar-refractivity contribution in [2.75, 3.05) is 11.1 Å². The number of nitrogens with zero attached hydrogens (tertiary/aromatic N) is 1. The van der Waals surface area contributed by atoms with E-state index in [9.17, 15) is 9.59 Å². The molecule has 1 aromatic heterocycles. The first-order valence-electron chi connectivity index (χ1n) is 5.41. The van der Waals surface area contributed by atoms with Crippen molar-refractivity contribution < 1.29 is 14.7 Å². The van der Waals surface area contributed by atoms with Gasteiger partial charge in [-0.15, -0.1) is 11.8 Å². The van der Waals surface area contributed by atoms with Gasteiger partial charge in [0.1, 0.15) is 0 Å². The number of rotatable bonds is 4. The van der Waals surface area contributed by atoms with Crippen LogP contribution in [-0.2, 0) is 4.79 Å². The van der Waals surface area contributed by atoms with E-state index in [0.717, 1.165) is 0 Å². The number of carbonyl (C=O) groups excluding carboxylic acids is 1. The first-order chi connectivity index (χ1) is 8.29. The van der Waals surface area contributed by atoms with Crippen LogP contribution in [0.3, 0.4) is 0 Å². The van der Waals surface area contributed by atoms with Gasteiger partial charge in [-0.1, -0.05) is 20.8 Å². The van der Waals surface area contributed by atoms with Gasteiger partial charge in [0.15, 0.2) is 0 Å². The largest absolute Gasteiger partial charge is 0.478 e. The zero-order valence-corrected chi connectivity index (χ0v) is 11.4. The molecule has 1 amide bonds. The van der Waals surface area contributed by atoms with Crippen LogP contribution >= 0.6 is 11.8 Å². The number of anilines is 1. The normalized spacial score (nSPS) is 11.1. The molecule has 0 fully saturated rings. The summed E-state index contributed by atoms with van der Waals surface area (Å²) >= 11 is 1.50. The van der Waals surface area contributed by atoms with Gasteiger partial charge < -0.3 is 10.4 Å². The van der Waals surface area contributed by atoms with Crippen molar-refractivity contribution in [3.05, 3.63) is 24.0 Å². The Morgan fingerprint density at radius 3 is 2.67 bits per heavy atom. The van der Waals surface area contributed by atoms with Crippen molar-refractivity contribution in [3.8, 4) is 0 Å². The van der Waals surface area contributed by atoms with Crippen molar-refractivity contribution in [2.45, 2.75) is 25.5 Å². The maximum atomic E-state index is 11.7. The van der Waals surface area contributed by atoms with Crippen LogP contribution in [-0.4, -0.2) is 32.5 Å². The summed E-state index contributed by atoms with van der Waals surface area (Å²) in [6.45, 7) is 6.03. The molecule has 1 aromatic rings. The predicted octanol–water partition coefficient (Wildman–Crippen LogP) is 2.25. The summed E-state index contributed by atoms with van der Waals surface area (Å²) in [5.74, 6) is -1.04. The van der Waals surface area contributed by atoms with Crippen molar-refractivity contribution in [1.82, 2.24) is 4.98 Å². The van der Waals surface area contributed by atoms with Crippen LogP contribution in [0.25, 0.3) is 0 Å². The molecule has 5 nitrogen and oxygen atoms in total. The van der Waals surface area contributed by atoms with Crippen LogP contribution < -0.4 is 5.32 Å². The Morgan fingerprint density at radius 1 is 1.44 bits per heavy atom. The second kappa shape index (κ2) is 5.86. The molecule has 98 valence electrons. The van der Waals surface area contributed by atoms with Crippen molar-refractivity contribution >= 4 is 29.3 Å². The molecule has 0 saturated carbocycles. The Hall–Kier alpha value is -1.56. The lowest BCUT2D eigenvalue weighted by molar-refractivity contribution is -0.113. The highest BCUT2D eigenvalue weighted by Gasteiger charge is 2.15. The van der Waals surface area contributed by atoms with Crippen LogP contribution in [0, 0.1) is 0 Å². The van der Waals surface area contributed by atoms with E-state index in [1.165, 1.54) is 30.2 Å². The smallest absolute Gasteiger partial charge is 0.337 e. The van der Waals surface area contributed by atoms with Gasteiger partial charge >= 0.3 is 5.97 Å². The Morgan fingerprint density at radius 2 is 2.11 bits per heavy atom. The monoisotopic (exact) mass is 268 g/mol. The number of hydrogen-bond acceptors (Lipinski definition) is 4. The maximum Gasteiger partial charge on any atom is 0.337 e. The number of aromatic nitrogens is 1. The maximum absolute atomic E-state index is 11.7. The molecule has 2 N–H and O–H groups in total. The minimum absolute atomic E-state index is 0.0120. The molecular weight excluding hydrogens is 252 g/mol. The molecule has 6 heteroatoms. The minimum Gasteiger partial charge on any atom is -0.478 e. The van der Waals surface area contributed by atoms with E-state index in [1.54, 1.807) is 0 Å². The van der Waals surface area contributed by atoms with Crippen LogP contribution in [0.5, 0.6) is 0 Å². The first-order valence-corrected chi connectivity index (χ1v) is 6.39. The highest BCUT2D eigenvalue weighted by atomic mass is 32.2. The molecule has 0 radical (unpaired) electrons. The van der Waals surface area contributed by atoms with Gasteiger partial charge in [-0.2, -0.15) is 0 Å². The van der Waals surface area contributed by atoms with Gasteiger partial charge in [-0.25, -0.2) is 4.79 Å². The number of amides is 1. The highest BCUT2D eigenvalue weighted by Crippen LogP contribution is 2.23. The Labute approximate surface area is 110 Å². The van der Waals surface area contributed by atoms with Crippen LogP contribution in [0.4, 0.5) is 5.69 Å². The molecule has 0 saturated heterocycles. The first kappa shape index (κ1) is 14.5. The fraction of sp³-hybridized carbons (Fsp3) is 0.417. The van der Waals surface area contributed by atoms with Crippen molar-refractivity contribution in [2.24, 2.45) is 0 Å². The molecule has 18 heavy (non-hydrogen) atoms. The van der Waals surface area contributed by atoms with Crippen LogP contribution in [0.1, 0.15) is 31.1 Å². The number of hydrogen-bond donors (Lipinski definition) is 2. The molecule has 0 spiro atoms. The van der Waals surface area contributed by atoms with Crippen LogP contribution in [0.15, 0.2) is 18.5 Å². The average Bonchev–Trinajstić information content (AvgIpc) is 2.26. The second-order valence-corrected chi connectivity index (χ2v) is 6.48. The lowest BCUT2D eigenvalue weighted by atomic mass is 10.2. The van der Waals surface area contributed by atoms with Gasteiger partial charge in [-0.3, -0.25) is 9.78 Å². The quantitative estimate of drug-likeness (QED) is 0.875. The zero-order chi connectivity index (χ0) is 13.8. The average molecular weight is 268 g/mol. The van der Waals surface area contributed by atoms with E-state index in [-0.39, 0.29) is 27.7 Å². The van der Waals surface area contributed by atoms with Gasteiger partial charge in [0, 0.05) is 10.9 Å². The molecule has 1 rings (SSSR count). The van der Waals surface area contributed by atoms with Gasteiger partial charge in [0.05, 0.1) is 23.2 Å². The summed E-state index contributed by atoms with van der Waals surface area (Å²) in [6.07, 6.45) is 2.71. The molecule has 0 unspecified atom stereocenters. The number of pyridine rings is 1. The molecule has 0 aliphatic heterocycles. The number of carboxylic acid groups (broad SMARTS) is 1. The van der Waals surface area contributed by atoms with E-state index in [2.05, 4.69) is 10.3 Å². The number of carbonyl (C=O) groups is 2. The second-order valence-electron chi connectivity index (χ2n) is 4.68. The molecule has 0 bridgehead atoms. The molecule has 0 aliphatic carbocycles. The zero-order valence-electron chi connectivity index (χ0n) is 10.6. The lowest BCUT2D eigenvalue weighted by Gasteiger charge is -2.17. The summed E-state index contributed by atoms with van der Waals surface area (Å²) in [5, 5.41) is 11.5. The number of thioether (sulfide) groups is 1. The third-order valence-corrected chi connectivity index (χ3v) is 3.23. The Kier molecular flexibility index (Phi) is 4.72. The summed E-state index contributed by atoms with van der Waals surface area (Å²) in [4.78, 5) is 26.4. The van der Waals surface area contributed by atoms with Gasteiger partial charge in [-0.05, 0) is 6.07 Å². The number of aromatic carboxylic acids is 1. The van der Waals surface area contributed by atoms with E-state index >= 15 is 0 Å². The fourth-order valence-corrected chi connectivity index (χ4v) is 1.79. The van der Waals surface area contributed by atoms with Crippen molar-refractivity contribution in [3.63, 3.8) is 0 Å². The van der Waals surface area contributed by atoms with Gasteiger partial charge in [0.25, 0.3) is 0 Å². The molecule has 0 atom stereocenters. The third kappa shape index (κ3) is 4.75. The van der Waals surface area contributed by atoms with Gasteiger partial charge in [0.2, 0.25) is 5.91 Å². The Balaban J connectivity index is 2.68. The summed E-state index contributed by atoms with van der Waals surface area (Å²) in [5.41, 5.74) is 0.267. The molecular formula is C12H16N2O3S. The fourth-order valence-electron chi connectivity index (χ4n) is 1.15. The van der Waals surface area contributed by atoms with Crippen molar-refractivity contribution in [1.29, 1.82) is 0 Å².